The first kappa shape index (κ1) is 13.9. The number of nitrogens with one attached hydrogen (secondary N) is 2. The molecule has 106 valence electrons. The number of fused-ring (bicyclic) bond motifs is 1. The molecule has 0 aliphatic rings. The summed E-state index contributed by atoms with van der Waals surface area (Å²) in [4.78, 5) is 23.4. The maximum atomic E-state index is 12.2. The van der Waals surface area contributed by atoms with Crippen molar-refractivity contribution in [1.82, 2.24) is 15.0 Å². The monoisotopic (exact) mass is 320 g/mol. The van der Waals surface area contributed by atoms with Gasteiger partial charge in [-0.25, -0.2) is 9.97 Å². The molecule has 2 N–H and O–H groups in total. The molecule has 0 aliphatic carbocycles. The smallest absolute Gasteiger partial charge is 0.255 e. The number of carbonyl (C=O) groups excluding carboxylic acids is 1. The van der Waals surface area contributed by atoms with Crippen molar-refractivity contribution in [3.05, 3.63) is 52.0 Å². The Labute approximate surface area is 130 Å². The molecule has 0 saturated heterocycles. The van der Waals surface area contributed by atoms with Crippen LogP contribution in [-0.4, -0.2) is 20.9 Å². The number of halogens is 2. The van der Waals surface area contributed by atoms with Crippen molar-refractivity contribution in [2.24, 2.45) is 0 Å². The molecular weight excluding hydrogens is 311 g/mol. The van der Waals surface area contributed by atoms with Crippen molar-refractivity contribution in [2.75, 3.05) is 5.32 Å². The van der Waals surface area contributed by atoms with E-state index >= 15 is 0 Å². The van der Waals surface area contributed by atoms with Gasteiger partial charge in [0.2, 0.25) is 0 Å². The van der Waals surface area contributed by atoms with Crippen molar-refractivity contribution in [3.63, 3.8) is 0 Å². The van der Waals surface area contributed by atoms with Crippen LogP contribution < -0.4 is 5.32 Å². The van der Waals surface area contributed by atoms with Crippen molar-refractivity contribution in [2.45, 2.75) is 6.92 Å². The minimum absolute atomic E-state index is 0.173. The fourth-order valence-electron chi connectivity index (χ4n) is 2.01. The van der Waals surface area contributed by atoms with E-state index in [0.717, 1.165) is 16.9 Å². The highest BCUT2D eigenvalue weighted by Gasteiger charge is 2.10. The Balaban J connectivity index is 1.88. The fourth-order valence-corrected chi connectivity index (χ4v) is 2.47. The van der Waals surface area contributed by atoms with Crippen LogP contribution in [0.5, 0.6) is 0 Å². The average Bonchev–Trinajstić information content (AvgIpc) is 2.77. The van der Waals surface area contributed by atoms with E-state index < -0.39 is 0 Å². The van der Waals surface area contributed by atoms with Crippen molar-refractivity contribution < 1.29 is 4.79 Å². The molecule has 0 fully saturated rings. The average molecular weight is 321 g/mol. The third-order valence-electron chi connectivity index (χ3n) is 2.88. The first-order valence-corrected chi connectivity index (χ1v) is 6.88. The second-order valence-corrected chi connectivity index (χ2v) is 5.28. The van der Waals surface area contributed by atoms with Crippen LogP contribution in [0.25, 0.3) is 11.0 Å². The van der Waals surface area contributed by atoms with Crippen LogP contribution in [0.4, 0.5) is 5.69 Å². The molecule has 3 aromatic rings. The zero-order valence-corrected chi connectivity index (χ0v) is 12.5. The molecule has 0 aliphatic heterocycles. The van der Waals surface area contributed by atoms with E-state index in [0.29, 0.717) is 11.3 Å². The highest BCUT2D eigenvalue weighted by atomic mass is 35.5. The Bertz CT molecular complexity index is 824. The lowest BCUT2D eigenvalue weighted by Crippen LogP contribution is -2.12. The summed E-state index contributed by atoms with van der Waals surface area (Å²) < 4.78 is 0. The molecule has 21 heavy (non-hydrogen) atoms. The number of aromatic nitrogens is 3. The Kier molecular flexibility index (Phi) is 3.53. The van der Waals surface area contributed by atoms with Crippen LogP contribution in [-0.2, 0) is 0 Å². The summed E-state index contributed by atoms with van der Waals surface area (Å²) in [6.45, 7) is 1.87. The number of aryl methyl sites for hydroxylation is 1. The number of aromatic amines is 1. The Hall–Kier alpha value is -2.11. The molecule has 5 nitrogen and oxygen atoms in total. The van der Waals surface area contributed by atoms with Gasteiger partial charge in [0.25, 0.3) is 5.91 Å². The molecule has 0 radical (unpaired) electrons. The lowest BCUT2D eigenvalue weighted by atomic mass is 10.2. The molecule has 0 atom stereocenters. The number of rotatable bonds is 2. The van der Waals surface area contributed by atoms with Crippen LogP contribution in [0, 0.1) is 6.92 Å². The summed E-state index contributed by atoms with van der Waals surface area (Å²) in [5.41, 5.74) is 2.71. The Morgan fingerprint density at radius 1 is 1.14 bits per heavy atom. The predicted molar refractivity (Wildman–Crippen MR) is 83.0 cm³/mol. The lowest BCUT2D eigenvalue weighted by Gasteiger charge is -2.06. The van der Waals surface area contributed by atoms with E-state index in [2.05, 4.69) is 20.3 Å². The molecule has 1 amide bonds. The number of carbonyl (C=O) groups is 1. The Morgan fingerprint density at radius 2 is 1.86 bits per heavy atom. The van der Waals surface area contributed by atoms with E-state index in [1.54, 1.807) is 6.07 Å². The maximum Gasteiger partial charge on any atom is 0.255 e. The molecule has 0 bridgehead atoms. The van der Waals surface area contributed by atoms with Crippen molar-refractivity contribution >= 4 is 45.8 Å². The number of imidazole rings is 1. The second kappa shape index (κ2) is 5.35. The summed E-state index contributed by atoms with van der Waals surface area (Å²) >= 11 is 11.6. The summed E-state index contributed by atoms with van der Waals surface area (Å²) in [6.07, 6.45) is 0. The normalized spacial score (nSPS) is 10.8. The number of nitrogens with zero attached hydrogens (tertiary/aromatic N) is 2. The maximum absolute atomic E-state index is 12.2. The Morgan fingerprint density at radius 3 is 2.57 bits per heavy atom. The first-order valence-electron chi connectivity index (χ1n) is 6.12. The molecule has 3 rings (SSSR count). The van der Waals surface area contributed by atoms with Crippen LogP contribution in [0.3, 0.4) is 0 Å². The number of benzene rings is 1. The summed E-state index contributed by atoms with van der Waals surface area (Å²) in [7, 11) is 0. The first-order chi connectivity index (χ1) is 10.0. The third-order valence-corrected chi connectivity index (χ3v) is 3.27. The van der Waals surface area contributed by atoms with Crippen LogP contribution in [0.2, 0.25) is 10.3 Å². The summed E-state index contributed by atoms with van der Waals surface area (Å²) in [6, 6.07) is 8.35. The summed E-state index contributed by atoms with van der Waals surface area (Å²) in [5, 5.41) is 3.13. The fraction of sp³-hybridized carbons (Fsp3) is 0.0714. The molecule has 2 heterocycles. The number of H-pyrrole nitrogens is 1. The molecular formula is C14H10Cl2N4O. The number of hydrogen-bond donors (Lipinski definition) is 2. The third kappa shape index (κ3) is 2.99. The van der Waals surface area contributed by atoms with E-state index in [9.17, 15) is 4.79 Å². The molecule has 0 spiro atoms. The van der Waals surface area contributed by atoms with E-state index in [1.165, 1.54) is 12.1 Å². The summed E-state index contributed by atoms with van der Waals surface area (Å²) in [5.74, 6) is 0.512. The molecule has 1 aromatic carbocycles. The number of pyridine rings is 1. The van der Waals surface area contributed by atoms with Gasteiger partial charge in [-0.15, -0.1) is 0 Å². The van der Waals surface area contributed by atoms with Gasteiger partial charge in [-0.1, -0.05) is 23.2 Å². The van der Waals surface area contributed by atoms with Gasteiger partial charge in [0, 0.05) is 11.3 Å². The van der Waals surface area contributed by atoms with Crippen LogP contribution >= 0.6 is 23.2 Å². The van der Waals surface area contributed by atoms with Gasteiger partial charge in [-0.05, 0) is 37.3 Å². The van der Waals surface area contributed by atoms with Crippen LogP contribution in [0.1, 0.15) is 16.2 Å². The standard InChI is InChI=1S/C14H10Cl2N4O/c1-7-17-10-3-2-9(6-11(10)18-7)19-14(21)8-4-12(15)20-13(16)5-8/h2-6H,1H3,(H,17,18)(H,19,21). The van der Waals surface area contributed by atoms with Gasteiger partial charge in [0.15, 0.2) is 0 Å². The number of amides is 1. The van der Waals surface area contributed by atoms with Gasteiger partial charge < -0.3 is 10.3 Å². The molecule has 2 aromatic heterocycles. The van der Waals surface area contributed by atoms with Gasteiger partial charge in [0.1, 0.15) is 16.1 Å². The van der Waals surface area contributed by atoms with Crippen molar-refractivity contribution in [3.8, 4) is 0 Å². The van der Waals surface area contributed by atoms with Gasteiger partial charge in [-0.3, -0.25) is 4.79 Å². The predicted octanol–water partition coefficient (Wildman–Crippen LogP) is 3.83. The zero-order chi connectivity index (χ0) is 15.0. The van der Waals surface area contributed by atoms with E-state index in [1.807, 2.05) is 19.1 Å². The number of anilines is 1. The second-order valence-electron chi connectivity index (χ2n) is 4.51. The molecule has 7 heteroatoms. The van der Waals surface area contributed by atoms with E-state index in [4.69, 9.17) is 23.2 Å². The van der Waals surface area contributed by atoms with E-state index in [-0.39, 0.29) is 16.2 Å². The molecule has 0 unspecified atom stereocenters. The lowest BCUT2D eigenvalue weighted by molar-refractivity contribution is 0.102. The minimum Gasteiger partial charge on any atom is -0.342 e. The minimum atomic E-state index is -0.309. The van der Waals surface area contributed by atoms with Gasteiger partial charge in [-0.2, -0.15) is 0 Å². The largest absolute Gasteiger partial charge is 0.342 e. The van der Waals surface area contributed by atoms with Gasteiger partial charge >= 0.3 is 0 Å². The highest BCUT2D eigenvalue weighted by Crippen LogP contribution is 2.19. The molecule has 0 saturated carbocycles. The quantitative estimate of drug-likeness (QED) is 0.705. The SMILES string of the molecule is Cc1nc2ccc(NC(=O)c3cc(Cl)nc(Cl)c3)cc2[nH]1. The highest BCUT2D eigenvalue weighted by molar-refractivity contribution is 6.33. The van der Waals surface area contributed by atoms with Crippen molar-refractivity contribution in [1.29, 1.82) is 0 Å². The zero-order valence-electron chi connectivity index (χ0n) is 10.9. The number of hydrogen-bond acceptors (Lipinski definition) is 3. The van der Waals surface area contributed by atoms with Gasteiger partial charge in [0.05, 0.1) is 11.0 Å². The van der Waals surface area contributed by atoms with Crippen LogP contribution in [0.15, 0.2) is 30.3 Å². The topological polar surface area (TPSA) is 70.7 Å².